The van der Waals surface area contributed by atoms with Gasteiger partial charge in [0, 0.05) is 15.1 Å². The minimum atomic E-state index is -0.260. The van der Waals surface area contributed by atoms with Crippen LogP contribution in [0.4, 0.5) is 0 Å². The van der Waals surface area contributed by atoms with Crippen molar-refractivity contribution >= 4 is 11.8 Å². The van der Waals surface area contributed by atoms with Crippen molar-refractivity contribution in [3.8, 4) is 33.4 Å². The molecular weight excluding hydrogens is 500 g/mol. The summed E-state index contributed by atoms with van der Waals surface area (Å²) in [6.07, 6.45) is 5.32. The third-order valence-corrected chi connectivity index (χ3v) is 12.7. The molecule has 0 aromatic heterocycles. The molecule has 2 unspecified atom stereocenters. The summed E-state index contributed by atoms with van der Waals surface area (Å²) in [7, 11) is 0. The molecule has 3 aliphatic carbocycles. The van der Waals surface area contributed by atoms with Gasteiger partial charge in [-0.1, -0.05) is 111 Å². The maximum Gasteiger partial charge on any atom is 0.0725 e. The number of thioether (sulfide) groups is 1. The minimum Gasteiger partial charge on any atom is -0.118 e. The Kier molecular flexibility index (Phi) is 4.52. The third-order valence-electron chi connectivity index (χ3n) is 11.0. The molecule has 0 bridgehead atoms. The Bertz CT molecular complexity index is 1830. The molecule has 9 rings (SSSR count). The van der Waals surface area contributed by atoms with Crippen LogP contribution in [0, 0.1) is 0 Å². The fourth-order valence-electron chi connectivity index (χ4n) is 8.82. The predicted octanol–water partition coefficient (Wildman–Crippen LogP) is 10.4. The first-order valence-electron chi connectivity index (χ1n) is 14.8. The molecule has 1 heteroatoms. The van der Waals surface area contributed by atoms with Gasteiger partial charge in [-0.25, -0.2) is 0 Å². The van der Waals surface area contributed by atoms with Crippen molar-refractivity contribution in [1.29, 1.82) is 0 Å². The van der Waals surface area contributed by atoms with Gasteiger partial charge in [-0.05, 0) is 99.2 Å². The van der Waals surface area contributed by atoms with Crippen LogP contribution < -0.4 is 0 Å². The van der Waals surface area contributed by atoms with Crippen LogP contribution in [-0.2, 0) is 10.8 Å². The van der Waals surface area contributed by atoms with E-state index in [4.69, 9.17) is 0 Å². The summed E-state index contributed by atoms with van der Waals surface area (Å²) in [4.78, 5) is 1.50. The summed E-state index contributed by atoms with van der Waals surface area (Å²) < 4.78 is 0.318. The Morgan fingerprint density at radius 3 is 1.70 bits per heavy atom. The average molecular weight is 533 g/mol. The molecule has 5 aromatic carbocycles. The molecule has 194 valence electrons. The second-order valence-electron chi connectivity index (χ2n) is 12.7. The van der Waals surface area contributed by atoms with E-state index in [1.165, 1.54) is 86.2 Å². The standard InChI is InChI=1S/C39H32S/c1-37-21-9-10-22-38(37,2)40-36-20-18-26(24-35(36)37)25-17-19-34-30(23-25)29-13-5-8-16-33(29)39(34)31-14-6-3-11-27(31)28-12-4-7-15-32(28)39/h3-8,11-20,23-24H,9-10,21-22H2,1-2H3. The highest BCUT2D eigenvalue weighted by atomic mass is 32.2. The van der Waals surface area contributed by atoms with Crippen molar-refractivity contribution < 1.29 is 0 Å². The molecule has 1 saturated carbocycles. The van der Waals surface area contributed by atoms with Gasteiger partial charge in [-0.2, -0.15) is 0 Å². The quantitative estimate of drug-likeness (QED) is 0.203. The molecule has 40 heavy (non-hydrogen) atoms. The summed E-state index contributed by atoms with van der Waals surface area (Å²) in [5.41, 5.74) is 15.4. The molecule has 0 saturated heterocycles. The zero-order valence-electron chi connectivity index (χ0n) is 23.1. The van der Waals surface area contributed by atoms with Crippen molar-refractivity contribution in [2.75, 3.05) is 0 Å². The summed E-state index contributed by atoms with van der Waals surface area (Å²) in [6, 6.07) is 41.9. The summed E-state index contributed by atoms with van der Waals surface area (Å²) in [5.74, 6) is 0. The van der Waals surface area contributed by atoms with Crippen molar-refractivity contribution in [1.82, 2.24) is 0 Å². The van der Waals surface area contributed by atoms with Crippen LogP contribution in [0.15, 0.2) is 114 Å². The summed E-state index contributed by atoms with van der Waals surface area (Å²) in [5, 5.41) is 0. The third kappa shape index (κ3) is 2.66. The monoisotopic (exact) mass is 532 g/mol. The van der Waals surface area contributed by atoms with Crippen LogP contribution in [0.2, 0.25) is 0 Å². The Labute approximate surface area is 241 Å². The molecule has 1 aliphatic heterocycles. The minimum absolute atomic E-state index is 0.256. The molecule has 1 spiro atoms. The van der Waals surface area contributed by atoms with Crippen LogP contribution in [0.25, 0.3) is 33.4 Å². The molecule has 0 nitrogen and oxygen atoms in total. The van der Waals surface area contributed by atoms with E-state index in [2.05, 4.69) is 135 Å². The Balaban J connectivity index is 1.26. The van der Waals surface area contributed by atoms with Gasteiger partial charge < -0.3 is 0 Å². The highest BCUT2D eigenvalue weighted by molar-refractivity contribution is 8.01. The van der Waals surface area contributed by atoms with Gasteiger partial charge in [0.05, 0.1) is 5.41 Å². The van der Waals surface area contributed by atoms with Gasteiger partial charge in [0.25, 0.3) is 0 Å². The molecule has 4 aliphatic rings. The second kappa shape index (κ2) is 7.80. The van der Waals surface area contributed by atoms with E-state index in [-0.39, 0.29) is 10.8 Å². The van der Waals surface area contributed by atoms with E-state index in [1.54, 1.807) is 5.56 Å². The van der Waals surface area contributed by atoms with E-state index in [9.17, 15) is 0 Å². The predicted molar refractivity (Wildman–Crippen MR) is 168 cm³/mol. The Hall–Kier alpha value is -3.55. The first-order valence-corrected chi connectivity index (χ1v) is 15.6. The lowest BCUT2D eigenvalue weighted by Gasteiger charge is -2.45. The Morgan fingerprint density at radius 2 is 1.02 bits per heavy atom. The summed E-state index contributed by atoms with van der Waals surface area (Å²) in [6.45, 7) is 5.05. The first-order chi connectivity index (χ1) is 19.5. The lowest BCUT2D eigenvalue weighted by molar-refractivity contribution is 0.260. The van der Waals surface area contributed by atoms with Gasteiger partial charge in [-0.3, -0.25) is 0 Å². The van der Waals surface area contributed by atoms with Gasteiger partial charge in [-0.15, -0.1) is 11.8 Å². The van der Waals surface area contributed by atoms with Crippen molar-refractivity contribution in [3.63, 3.8) is 0 Å². The number of rotatable bonds is 1. The van der Waals surface area contributed by atoms with E-state index in [1.807, 2.05) is 0 Å². The zero-order valence-corrected chi connectivity index (χ0v) is 23.9. The van der Waals surface area contributed by atoms with Crippen LogP contribution in [0.3, 0.4) is 0 Å². The molecule has 2 atom stereocenters. The first kappa shape index (κ1) is 23.2. The van der Waals surface area contributed by atoms with E-state index in [0.29, 0.717) is 4.75 Å². The fraction of sp³-hybridized carbons (Fsp3) is 0.231. The zero-order chi connectivity index (χ0) is 26.7. The van der Waals surface area contributed by atoms with Gasteiger partial charge in [0.1, 0.15) is 0 Å². The summed E-state index contributed by atoms with van der Waals surface area (Å²) >= 11 is 2.14. The largest absolute Gasteiger partial charge is 0.118 e. The molecular formula is C39H32S. The maximum absolute atomic E-state index is 2.54. The van der Waals surface area contributed by atoms with E-state index >= 15 is 0 Å². The smallest absolute Gasteiger partial charge is 0.0725 e. The van der Waals surface area contributed by atoms with E-state index in [0.717, 1.165) is 0 Å². The lowest BCUT2D eigenvalue weighted by Crippen LogP contribution is -2.43. The van der Waals surface area contributed by atoms with Gasteiger partial charge >= 0.3 is 0 Å². The molecule has 0 N–H and O–H groups in total. The topological polar surface area (TPSA) is 0 Å². The Morgan fingerprint density at radius 1 is 0.500 bits per heavy atom. The van der Waals surface area contributed by atoms with E-state index < -0.39 is 0 Å². The van der Waals surface area contributed by atoms with Crippen LogP contribution >= 0.6 is 11.8 Å². The number of hydrogen-bond acceptors (Lipinski definition) is 1. The fourth-order valence-corrected chi connectivity index (χ4v) is 10.5. The molecule has 0 radical (unpaired) electrons. The van der Waals surface area contributed by atoms with Crippen LogP contribution in [0.5, 0.6) is 0 Å². The molecule has 0 amide bonds. The molecule has 1 fully saturated rings. The van der Waals surface area contributed by atoms with Crippen molar-refractivity contribution in [2.24, 2.45) is 0 Å². The SMILES string of the molecule is CC12CCCCC1(C)c1cc(-c3ccc4c(c3)-c3ccccc3C43c4ccccc4-c4ccccc43)ccc1S2. The number of benzene rings is 5. The van der Waals surface area contributed by atoms with Crippen LogP contribution in [0.1, 0.15) is 67.3 Å². The van der Waals surface area contributed by atoms with Gasteiger partial charge in [0.2, 0.25) is 0 Å². The molecule has 5 aromatic rings. The highest BCUT2D eigenvalue weighted by Gasteiger charge is 2.54. The average Bonchev–Trinajstić information content (AvgIpc) is 3.55. The van der Waals surface area contributed by atoms with Crippen molar-refractivity contribution in [3.05, 3.63) is 137 Å². The normalized spacial score (nSPS) is 24.1. The van der Waals surface area contributed by atoms with Gasteiger partial charge in [0.15, 0.2) is 0 Å². The van der Waals surface area contributed by atoms with Crippen molar-refractivity contribution in [2.45, 2.75) is 60.0 Å². The number of fused-ring (bicyclic) bond motifs is 13. The lowest BCUT2D eigenvalue weighted by atomic mass is 9.64. The van der Waals surface area contributed by atoms with Crippen LogP contribution in [-0.4, -0.2) is 4.75 Å². The second-order valence-corrected chi connectivity index (χ2v) is 14.3. The maximum atomic E-state index is 2.54. The highest BCUT2D eigenvalue weighted by Crippen LogP contribution is 2.64. The molecule has 1 heterocycles. The number of hydrogen-bond donors (Lipinski definition) is 0.